The Morgan fingerprint density at radius 1 is 1.47 bits per heavy atom. The fraction of sp³-hybridized carbons (Fsp3) is 0.769. The third kappa shape index (κ3) is 2.38. The number of aryl methyl sites for hydroxylation is 1. The van der Waals surface area contributed by atoms with E-state index in [2.05, 4.69) is 16.1 Å². The molecule has 0 spiro atoms. The first-order chi connectivity index (χ1) is 8.35. The van der Waals surface area contributed by atoms with Gasteiger partial charge in [0.05, 0.1) is 5.69 Å². The van der Waals surface area contributed by atoms with Crippen LogP contribution in [0, 0.1) is 5.92 Å². The number of nitrogens with one attached hydrogen (secondary N) is 1. The Kier molecular flexibility index (Phi) is 3.16. The highest BCUT2D eigenvalue weighted by atomic mass is 16.3. The van der Waals surface area contributed by atoms with Gasteiger partial charge in [0, 0.05) is 38.2 Å². The first-order valence-electron chi connectivity index (χ1n) is 6.74. The summed E-state index contributed by atoms with van der Waals surface area (Å²) in [7, 11) is 0. The predicted octanol–water partition coefficient (Wildman–Crippen LogP) is 0.732. The second-order valence-corrected chi connectivity index (χ2v) is 5.38. The van der Waals surface area contributed by atoms with Gasteiger partial charge in [0.2, 0.25) is 0 Å². The van der Waals surface area contributed by atoms with Crippen LogP contribution in [-0.2, 0) is 19.4 Å². The zero-order valence-electron chi connectivity index (χ0n) is 10.2. The molecule has 94 valence electrons. The Morgan fingerprint density at radius 3 is 3.18 bits per heavy atom. The average Bonchev–Trinajstić information content (AvgIpc) is 2.96. The van der Waals surface area contributed by atoms with Gasteiger partial charge < -0.3 is 15.0 Å². The molecule has 0 aromatic carbocycles. The SMILES string of the molecule is OCC1CCn2cc(CC3CCCN3)nc2C1. The second kappa shape index (κ2) is 4.78. The van der Waals surface area contributed by atoms with Crippen molar-refractivity contribution in [2.24, 2.45) is 5.92 Å². The van der Waals surface area contributed by atoms with Gasteiger partial charge in [0.15, 0.2) is 0 Å². The van der Waals surface area contributed by atoms with E-state index in [1.807, 2.05) is 0 Å². The predicted molar refractivity (Wildman–Crippen MR) is 65.9 cm³/mol. The first-order valence-corrected chi connectivity index (χ1v) is 6.74. The summed E-state index contributed by atoms with van der Waals surface area (Å²) >= 11 is 0. The molecule has 0 bridgehead atoms. The summed E-state index contributed by atoms with van der Waals surface area (Å²) in [5.41, 5.74) is 1.22. The lowest BCUT2D eigenvalue weighted by Gasteiger charge is -2.20. The molecule has 0 saturated carbocycles. The second-order valence-electron chi connectivity index (χ2n) is 5.38. The highest BCUT2D eigenvalue weighted by molar-refractivity contribution is 5.09. The van der Waals surface area contributed by atoms with Crippen LogP contribution in [-0.4, -0.2) is 33.9 Å². The monoisotopic (exact) mass is 235 g/mol. The van der Waals surface area contributed by atoms with Gasteiger partial charge in [0.25, 0.3) is 0 Å². The summed E-state index contributed by atoms with van der Waals surface area (Å²) in [6, 6.07) is 0.626. The molecule has 2 atom stereocenters. The van der Waals surface area contributed by atoms with E-state index in [0.29, 0.717) is 18.6 Å². The highest BCUT2D eigenvalue weighted by Gasteiger charge is 2.22. The molecule has 1 aromatic rings. The molecule has 0 aliphatic carbocycles. The van der Waals surface area contributed by atoms with Crippen LogP contribution in [0.15, 0.2) is 6.20 Å². The molecule has 4 nitrogen and oxygen atoms in total. The number of imidazole rings is 1. The summed E-state index contributed by atoms with van der Waals surface area (Å²) in [6.45, 7) is 2.48. The van der Waals surface area contributed by atoms with Gasteiger partial charge in [-0.05, 0) is 31.7 Å². The molecule has 1 saturated heterocycles. The molecule has 2 N–H and O–H groups in total. The molecule has 0 radical (unpaired) electrons. The lowest BCUT2D eigenvalue weighted by atomic mass is 9.99. The van der Waals surface area contributed by atoms with E-state index in [4.69, 9.17) is 4.98 Å². The number of fused-ring (bicyclic) bond motifs is 1. The minimum Gasteiger partial charge on any atom is -0.396 e. The molecular weight excluding hydrogens is 214 g/mol. The Hall–Kier alpha value is -0.870. The van der Waals surface area contributed by atoms with Crippen LogP contribution in [0.5, 0.6) is 0 Å². The molecule has 2 unspecified atom stereocenters. The lowest BCUT2D eigenvalue weighted by molar-refractivity contribution is 0.199. The van der Waals surface area contributed by atoms with E-state index >= 15 is 0 Å². The van der Waals surface area contributed by atoms with Crippen LogP contribution < -0.4 is 5.32 Å². The fourth-order valence-electron chi connectivity index (χ4n) is 2.99. The average molecular weight is 235 g/mol. The van der Waals surface area contributed by atoms with Crippen LogP contribution in [0.4, 0.5) is 0 Å². The molecule has 0 amide bonds. The fourth-order valence-corrected chi connectivity index (χ4v) is 2.99. The number of rotatable bonds is 3. The molecule has 4 heteroatoms. The molecule has 17 heavy (non-hydrogen) atoms. The van der Waals surface area contributed by atoms with Gasteiger partial charge in [-0.25, -0.2) is 4.98 Å². The first kappa shape index (κ1) is 11.2. The van der Waals surface area contributed by atoms with Crippen LogP contribution in [0.3, 0.4) is 0 Å². The zero-order chi connectivity index (χ0) is 11.7. The summed E-state index contributed by atoms with van der Waals surface area (Å²) in [6.07, 6.45) is 7.87. The molecule has 1 aromatic heterocycles. The zero-order valence-corrected chi connectivity index (χ0v) is 10.2. The van der Waals surface area contributed by atoms with Crippen molar-refractivity contribution in [2.45, 2.75) is 44.7 Å². The quantitative estimate of drug-likeness (QED) is 0.812. The minimum absolute atomic E-state index is 0.298. The van der Waals surface area contributed by atoms with Crippen molar-refractivity contribution in [3.05, 3.63) is 17.7 Å². The van der Waals surface area contributed by atoms with Crippen molar-refractivity contribution >= 4 is 0 Å². The largest absolute Gasteiger partial charge is 0.396 e. The smallest absolute Gasteiger partial charge is 0.109 e. The summed E-state index contributed by atoms with van der Waals surface area (Å²) in [5, 5.41) is 12.7. The van der Waals surface area contributed by atoms with Crippen LogP contribution >= 0.6 is 0 Å². The van der Waals surface area contributed by atoms with Crippen molar-refractivity contribution in [2.75, 3.05) is 13.2 Å². The van der Waals surface area contributed by atoms with Gasteiger partial charge in [0.1, 0.15) is 5.82 Å². The Labute approximate surface area is 102 Å². The molecular formula is C13H21N3O. The Morgan fingerprint density at radius 2 is 2.41 bits per heavy atom. The van der Waals surface area contributed by atoms with Gasteiger partial charge in [-0.1, -0.05) is 0 Å². The lowest BCUT2D eigenvalue weighted by Crippen LogP contribution is -2.23. The third-order valence-corrected chi connectivity index (χ3v) is 4.03. The van der Waals surface area contributed by atoms with E-state index in [-0.39, 0.29) is 0 Å². The molecule has 3 rings (SSSR count). The normalized spacial score (nSPS) is 28.3. The Bertz CT molecular complexity index is 382. The van der Waals surface area contributed by atoms with Gasteiger partial charge in [-0.3, -0.25) is 0 Å². The Balaban J connectivity index is 1.69. The number of aromatic nitrogens is 2. The minimum atomic E-state index is 0.298. The van der Waals surface area contributed by atoms with Gasteiger partial charge in [-0.15, -0.1) is 0 Å². The summed E-state index contributed by atoms with van der Waals surface area (Å²) < 4.78 is 2.27. The van der Waals surface area contributed by atoms with Gasteiger partial charge in [-0.2, -0.15) is 0 Å². The molecule has 2 aliphatic rings. The number of aliphatic hydroxyl groups is 1. The van der Waals surface area contributed by atoms with E-state index in [1.165, 1.54) is 24.4 Å². The van der Waals surface area contributed by atoms with Crippen molar-refractivity contribution in [1.29, 1.82) is 0 Å². The van der Waals surface area contributed by atoms with Crippen molar-refractivity contribution in [1.82, 2.24) is 14.9 Å². The van der Waals surface area contributed by atoms with Crippen LogP contribution in [0.1, 0.15) is 30.8 Å². The highest BCUT2D eigenvalue weighted by Crippen LogP contribution is 2.21. The maximum atomic E-state index is 9.21. The standard InChI is InChI=1S/C13H21N3O/c17-9-10-3-5-16-8-12(15-13(16)6-10)7-11-2-1-4-14-11/h8,10-11,14,17H,1-7,9H2. The number of nitrogens with zero attached hydrogens (tertiary/aromatic N) is 2. The topological polar surface area (TPSA) is 50.1 Å². The maximum absolute atomic E-state index is 9.21. The summed E-state index contributed by atoms with van der Waals surface area (Å²) in [4.78, 5) is 4.72. The van der Waals surface area contributed by atoms with E-state index < -0.39 is 0 Å². The van der Waals surface area contributed by atoms with Crippen molar-refractivity contribution < 1.29 is 5.11 Å². The van der Waals surface area contributed by atoms with E-state index in [1.54, 1.807) is 0 Å². The van der Waals surface area contributed by atoms with E-state index in [9.17, 15) is 5.11 Å². The number of hydrogen-bond acceptors (Lipinski definition) is 3. The number of hydrogen-bond donors (Lipinski definition) is 2. The number of aliphatic hydroxyl groups excluding tert-OH is 1. The molecule has 2 aliphatic heterocycles. The van der Waals surface area contributed by atoms with Crippen LogP contribution in [0.25, 0.3) is 0 Å². The molecule has 3 heterocycles. The summed E-state index contributed by atoms with van der Waals surface area (Å²) in [5.74, 6) is 1.59. The van der Waals surface area contributed by atoms with E-state index in [0.717, 1.165) is 32.4 Å². The molecule has 1 fully saturated rings. The third-order valence-electron chi connectivity index (χ3n) is 4.03. The van der Waals surface area contributed by atoms with Crippen molar-refractivity contribution in [3.8, 4) is 0 Å². The van der Waals surface area contributed by atoms with Gasteiger partial charge >= 0.3 is 0 Å². The van der Waals surface area contributed by atoms with Crippen LogP contribution in [0.2, 0.25) is 0 Å². The van der Waals surface area contributed by atoms with Crippen molar-refractivity contribution in [3.63, 3.8) is 0 Å². The maximum Gasteiger partial charge on any atom is 0.109 e.